The standard InChI is InChI=1S/C22H28Br2O/c1-3-21(23)13-17-7-5-9-19(11-17)15-25-16-20-10-6-8-18(12-20)14-22(24)4-2/h5-12,21-22H,3-4,13-16H2,1-2H3. The highest BCUT2D eigenvalue weighted by molar-refractivity contribution is 9.09. The van der Waals surface area contributed by atoms with E-state index >= 15 is 0 Å². The maximum Gasteiger partial charge on any atom is 0.0721 e. The van der Waals surface area contributed by atoms with Crippen molar-refractivity contribution >= 4 is 31.9 Å². The first kappa shape index (κ1) is 20.7. The zero-order chi connectivity index (χ0) is 18.1. The van der Waals surface area contributed by atoms with Gasteiger partial charge in [-0.1, -0.05) is 94.2 Å². The van der Waals surface area contributed by atoms with E-state index < -0.39 is 0 Å². The molecule has 2 atom stereocenters. The third-order valence-corrected chi connectivity index (χ3v) is 6.26. The summed E-state index contributed by atoms with van der Waals surface area (Å²) >= 11 is 7.43. The molecule has 0 aromatic heterocycles. The fourth-order valence-electron chi connectivity index (χ4n) is 2.78. The molecule has 0 fully saturated rings. The molecule has 0 aliphatic carbocycles. The average Bonchev–Trinajstić information content (AvgIpc) is 2.62. The lowest BCUT2D eigenvalue weighted by Crippen LogP contribution is -2.02. The Morgan fingerprint density at radius 3 is 1.52 bits per heavy atom. The summed E-state index contributed by atoms with van der Waals surface area (Å²) < 4.78 is 5.95. The maximum atomic E-state index is 5.95. The van der Waals surface area contributed by atoms with Crippen LogP contribution in [0, 0.1) is 0 Å². The number of rotatable bonds is 10. The van der Waals surface area contributed by atoms with Crippen molar-refractivity contribution < 1.29 is 4.74 Å². The molecule has 0 aliphatic heterocycles. The van der Waals surface area contributed by atoms with E-state index in [1.54, 1.807) is 0 Å². The Bertz CT molecular complexity index is 586. The molecule has 0 bridgehead atoms. The second kappa shape index (κ2) is 11.2. The fourth-order valence-corrected chi connectivity index (χ4v) is 3.53. The Hall–Kier alpha value is -0.640. The van der Waals surface area contributed by atoms with Crippen LogP contribution in [0.1, 0.15) is 48.9 Å². The first-order valence-electron chi connectivity index (χ1n) is 9.12. The Kier molecular flexibility index (Phi) is 9.22. The van der Waals surface area contributed by atoms with Crippen molar-refractivity contribution in [2.45, 2.75) is 62.4 Å². The zero-order valence-electron chi connectivity index (χ0n) is 15.2. The molecule has 0 spiro atoms. The topological polar surface area (TPSA) is 9.23 Å². The highest BCUT2D eigenvalue weighted by atomic mass is 79.9. The lowest BCUT2D eigenvalue weighted by molar-refractivity contribution is 0.107. The number of ether oxygens (including phenoxy) is 1. The minimum atomic E-state index is 0.549. The van der Waals surface area contributed by atoms with Gasteiger partial charge < -0.3 is 4.74 Å². The smallest absolute Gasteiger partial charge is 0.0721 e. The number of hydrogen-bond acceptors (Lipinski definition) is 1. The molecule has 25 heavy (non-hydrogen) atoms. The van der Waals surface area contributed by atoms with Gasteiger partial charge in [0, 0.05) is 9.65 Å². The van der Waals surface area contributed by atoms with Gasteiger partial charge >= 0.3 is 0 Å². The summed E-state index contributed by atoms with van der Waals surface area (Å²) in [4.78, 5) is 1.10. The predicted octanol–water partition coefficient (Wildman–Crippen LogP) is 6.84. The van der Waals surface area contributed by atoms with Crippen LogP contribution in [0.15, 0.2) is 48.5 Å². The average molecular weight is 468 g/mol. The highest BCUT2D eigenvalue weighted by Gasteiger charge is 2.05. The monoisotopic (exact) mass is 466 g/mol. The summed E-state index contributed by atoms with van der Waals surface area (Å²) in [6, 6.07) is 17.5. The molecule has 0 amide bonds. The van der Waals surface area contributed by atoms with Crippen LogP contribution >= 0.6 is 31.9 Å². The van der Waals surface area contributed by atoms with E-state index in [4.69, 9.17) is 4.74 Å². The van der Waals surface area contributed by atoms with Crippen molar-refractivity contribution in [2.75, 3.05) is 0 Å². The summed E-state index contributed by atoms with van der Waals surface area (Å²) in [5.41, 5.74) is 5.23. The fraction of sp³-hybridized carbons (Fsp3) is 0.455. The van der Waals surface area contributed by atoms with Crippen molar-refractivity contribution in [1.29, 1.82) is 0 Å². The van der Waals surface area contributed by atoms with Crippen LogP contribution in [0.2, 0.25) is 0 Å². The third kappa shape index (κ3) is 7.64. The van der Waals surface area contributed by atoms with E-state index in [2.05, 4.69) is 94.2 Å². The van der Waals surface area contributed by atoms with Gasteiger partial charge in [-0.25, -0.2) is 0 Å². The van der Waals surface area contributed by atoms with E-state index in [-0.39, 0.29) is 0 Å². The summed E-state index contributed by atoms with van der Waals surface area (Å²) in [6.07, 6.45) is 4.42. The first-order valence-corrected chi connectivity index (χ1v) is 10.9. The molecule has 0 aliphatic rings. The largest absolute Gasteiger partial charge is 0.372 e. The Morgan fingerprint density at radius 1 is 0.720 bits per heavy atom. The maximum absolute atomic E-state index is 5.95. The molecule has 2 rings (SSSR count). The number of hydrogen-bond donors (Lipinski definition) is 0. The SMILES string of the molecule is CCC(Br)Cc1cccc(COCc2cccc(CC(Br)CC)c2)c1. The van der Waals surface area contributed by atoms with Crippen LogP contribution < -0.4 is 0 Å². The van der Waals surface area contributed by atoms with Crippen molar-refractivity contribution in [1.82, 2.24) is 0 Å². The Morgan fingerprint density at radius 2 is 1.12 bits per heavy atom. The normalized spacial score (nSPS) is 13.6. The van der Waals surface area contributed by atoms with Gasteiger partial charge in [-0.3, -0.25) is 0 Å². The van der Waals surface area contributed by atoms with Crippen molar-refractivity contribution in [2.24, 2.45) is 0 Å². The van der Waals surface area contributed by atoms with Gasteiger partial charge in [0.15, 0.2) is 0 Å². The molecule has 2 aromatic rings. The van der Waals surface area contributed by atoms with Crippen LogP contribution in [0.25, 0.3) is 0 Å². The molecule has 3 heteroatoms. The predicted molar refractivity (Wildman–Crippen MR) is 115 cm³/mol. The number of alkyl halides is 2. The van der Waals surface area contributed by atoms with Crippen molar-refractivity contribution in [3.05, 3.63) is 70.8 Å². The zero-order valence-corrected chi connectivity index (χ0v) is 18.4. The van der Waals surface area contributed by atoms with Gasteiger partial charge in [-0.2, -0.15) is 0 Å². The first-order chi connectivity index (χ1) is 12.1. The second-order valence-electron chi connectivity index (χ2n) is 6.55. The van der Waals surface area contributed by atoms with Gasteiger partial charge in [0.1, 0.15) is 0 Å². The lowest BCUT2D eigenvalue weighted by Gasteiger charge is -2.11. The third-order valence-electron chi connectivity index (χ3n) is 4.32. The van der Waals surface area contributed by atoms with E-state index in [0.717, 1.165) is 25.7 Å². The molecular formula is C22H28Br2O. The van der Waals surface area contributed by atoms with Gasteiger partial charge in [0.05, 0.1) is 13.2 Å². The number of halogens is 2. The van der Waals surface area contributed by atoms with Crippen molar-refractivity contribution in [3.63, 3.8) is 0 Å². The summed E-state index contributed by atoms with van der Waals surface area (Å²) in [5.74, 6) is 0. The molecule has 0 saturated heterocycles. The van der Waals surface area contributed by atoms with Gasteiger partial charge in [0.25, 0.3) is 0 Å². The molecule has 0 radical (unpaired) electrons. The molecule has 2 unspecified atom stereocenters. The molecule has 0 saturated carbocycles. The second-order valence-corrected chi connectivity index (χ2v) is 9.14. The van der Waals surface area contributed by atoms with Crippen LogP contribution in [-0.2, 0) is 30.8 Å². The summed E-state index contributed by atoms with van der Waals surface area (Å²) in [7, 11) is 0. The van der Waals surface area contributed by atoms with E-state index in [1.165, 1.54) is 22.3 Å². The highest BCUT2D eigenvalue weighted by Crippen LogP contribution is 2.17. The Balaban J connectivity index is 1.86. The lowest BCUT2D eigenvalue weighted by atomic mass is 10.1. The van der Waals surface area contributed by atoms with Crippen LogP contribution in [0.4, 0.5) is 0 Å². The summed E-state index contributed by atoms with van der Waals surface area (Å²) in [5, 5.41) is 0. The molecular weight excluding hydrogens is 440 g/mol. The summed E-state index contributed by atoms with van der Waals surface area (Å²) in [6.45, 7) is 5.73. The molecule has 2 aromatic carbocycles. The molecule has 1 nitrogen and oxygen atoms in total. The van der Waals surface area contributed by atoms with Crippen molar-refractivity contribution in [3.8, 4) is 0 Å². The van der Waals surface area contributed by atoms with E-state index in [9.17, 15) is 0 Å². The van der Waals surface area contributed by atoms with Gasteiger partial charge in [-0.05, 0) is 47.9 Å². The Labute approximate surface area is 169 Å². The van der Waals surface area contributed by atoms with Gasteiger partial charge in [-0.15, -0.1) is 0 Å². The van der Waals surface area contributed by atoms with Crippen LogP contribution in [-0.4, -0.2) is 9.65 Å². The van der Waals surface area contributed by atoms with Crippen LogP contribution in [0.5, 0.6) is 0 Å². The molecule has 0 N–H and O–H groups in total. The minimum Gasteiger partial charge on any atom is -0.372 e. The molecule has 136 valence electrons. The van der Waals surface area contributed by atoms with E-state index in [1.807, 2.05) is 0 Å². The van der Waals surface area contributed by atoms with E-state index in [0.29, 0.717) is 22.9 Å². The minimum absolute atomic E-state index is 0.549. The quantitative estimate of drug-likeness (QED) is 0.347. The van der Waals surface area contributed by atoms with Gasteiger partial charge in [0.2, 0.25) is 0 Å². The number of benzene rings is 2. The van der Waals surface area contributed by atoms with Crippen LogP contribution in [0.3, 0.4) is 0 Å². The molecule has 0 heterocycles.